The van der Waals surface area contributed by atoms with Crippen molar-refractivity contribution >= 4 is 27.2 Å². The van der Waals surface area contributed by atoms with E-state index in [-0.39, 0.29) is 5.92 Å². The summed E-state index contributed by atoms with van der Waals surface area (Å²) in [7, 11) is -3.31. The van der Waals surface area contributed by atoms with Crippen LogP contribution in [0.4, 0.5) is 0 Å². The predicted molar refractivity (Wildman–Crippen MR) is 76.5 cm³/mol. The summed E-state index contributed by atoms with van der Waals surface area (Å²) in [4.78, 5) is 0.350. The number of thiocarbonyl (C=S) groups is 1. The molecule has 0 rings (SSSR count). The second-order valence-electron chi connectivity index (χ2n) is 5.59. The highest BCUT2D eigenvalue weighted by molar-refractivity contribution is 7.90. The number of nitrogens with two attached hydrogens (primary N) is 1. The number of sulfonamides is 1. The van der Waals surface area contributed by atoms with E-state index in [2.05, 4.69) is 0 Å². The molecule has 0 aliphatic heterocycles. The van der Waals surface area contributed by atoms with Crippen LogP contribution in [0.25, 0.3) is 0 Å². The fraction of sp³-hybridized carbons (Fsp3) is 0.909. The molecule has 0 aliphatic carbocycles. The van der Waals surface area contributed by atoms with Gasteiger partial charge in [-0.25, -0.2) is 12.7 Å². The van der Waals surface area contributed by atoms with Gasteiger partial charge in [-0.15, -0.1) is 0 Å². The Hall–Kier alpha value is -0.200. The summed E-state index contributed by atoms with van der Waals surface area (Å²) in [5.74, 6) is 0.276. The van der Waals surface area contributed by atoms with E-state index < -0.39 is 14.8 Å². The minimum absolute atomic E-state index is 0.276. The van der Waals surface area contributed by atoms with E-state index in [1.165, 1.54) is 4.31 Å². The third-order valence-corrected chi connectivity index (χ3v) is 5.05. The minimum atomic E-state index is -3.31. The molecule has 0 spiro atoms. The van der Waals surface area contributed by atoms with Crippen LogP contribution in [-0.4, -0.2) is 35.5 Å². The quantitative estimate of drug-likeness (QED) is 0.753. The van der Waals surface area contributed by atoms with E-state index in [0.29, 0.717) is 24.5 Å². The Morgan fingerprint density at radius 2 is 1.82 bits per heavy atom. The molecule has 0 heterocycles. The largest absolute Gasteiger partial charge is 0.393 e. The lowest BCUT2D eigenvalue weighted by molar-refractivity contribution is 0.362. The molecule has 17 heavy (non-hydrogen) atoms. The van der Waals surface area contributed by atoms with Gasteiger partial charge in [0.25, 0.3) is 0 Å². The van der Waals surface area contributed by atoms with Gasteiger partial charge in [0.1, 0.15) is 0 Å². The second kappa shape index (κ2) is 6.11. The topological polar surface area (TPSA) is 63.4 Å². The Morgan fingerprint density at radius 3 is 2.12 bits per heavy atom. The molecule has 0 bridgehead atoms. The zero-order valence-corrected chi connectivity index (χ0v) is 13.0. The fourth-order valence-electron chi connectivity index (χ4n) is 1.34. The molecule has 0 saturated heterocycles. The van der Waals surface area contributed by atoms with E-state index in [0.717, 1.165) is 0 Å². The van der Waals surface area contributed by atoms with Crippen LogP contribution in [0.15, 0.2) is 0 Å². The maximum absolute atomic E-state index is 12.3. The molecular formula is C11H24N2O2S2. The zero-order chi connectivity index (χ0) is 13.9. The number of nitrogens with zero attached hydrogens (tertiary/aromatic N) is 1. The van der Waals surface area contributed by atoms with Crippen molar-refractivity contribution in [2.45, 2.75) is 45.8 Å². The van der Waals surface area contributed by atoms with Gasteiger partial charge in [0.15, 0.2) is 0 Å². The molecule has 0 atom stereocenters. The van der Waals surface area contributed by atoms with Crippen LogP contribution in [0.2, 0.25) is 0 Å². The number of hydrogen-bond donors (Lipinski definition) is 1. The van der Waals surface area contributed by atoms with E-state index in [9.17, 15) is 8.42 Å². The van der Waals surface area contributed by atoms with Crippen molar-refractivity contribution in [3.8, 4) is 0 Å². The van der Waals surface area contributed by atoms with Gasteiger partial charge < -0.3 is 5.73 Å². The molecule has 2 N–H and O–H groups in total. The maximum Gasteiger partial charge on any atom is 0.219 e. The minimum Gasteiger partial charge on any atom is -0.393 e. The molecule has 102 valence electrons. The molecule has 4 nitrogen and oxygen atoms in total. The van der Waals surface area contributed by atoms with Gasteiger partial charge in [-0.05, 0) is 26.7 Å². The summed E-state index contributed by atoms with van der Waals surface area (Å²) in [5.41, 5.74) is 5.43. The van der Waals surface area contributed by atoms with Crippen LogP contribution in [-0.2, 0) is 10.0 Å². The highest BCUT2D eigenvalue weighted by Crippen LogP contribution is 2.21. The molecule has 0 fully saturated rings. The molecule has 0 aromatic heterocycles. The predicted octanol–water partition coefficient (Wildman–Crippen LogP) is 1.75. The highest BCUT2D eigenvalue weighted by atomic mass is 32.2. The van der Waals surface area contributed by atoms with Crippen LogP contribution >= 0.6 is 12.2 Å². The monoisotopic (exact) mass is 280 g/mol. The summed E-state index contributed by atoms with van der Waals surface area (Å²) in [6, 6.07) is 0. The van der Waals surface area contributed by atoms with E-state index in [4.69, 9.17) is 18.0 Å². The molecule has 0 saturated carbocycles. The first-order valence-electron chi connectivity index (χ1n) is 5.76. The van der Waals surface area contributed by atoms with Crippen molar-refractivity contribution in [2.24, 2.45) is 11.7 Å². The Balaban J connectivity index is 4.98. The fourth-order valence-corrected chi connectivity index (χ4v) is 3.03. The third kappa shape index (κ3) is 5.31. The van der Waals surface area contributed by atoms with Crippen molar-refractivity contribution in [1.82, 2.24) is 4.31 Å². The average molecular weight is 280 g/mol. The SMILES string of the molecule is CC(C)CN(CCC(N)=S)S(=O)(=O)C(C)(C)C. The van der Waals surface area contributed by atoms with Crippen molar-refractivity contribution in [3.05, 3.63) is 0 Å². The molecule has 0 aromatic rings. The van der Waals surface area contributed by atoms with Crippen LogP contribution < -0.4 is 5.73 Å². The lowest BCUT2D eigenvalue weighted by Crippen LogP contribution is -2.45. The summed E-state index contributed by atoms with van der Waals surface area (Å²) >= 11 is 4.80. The molecule has 0 amide bonds. The van der Waals surface area contributed by atoms with E-state index in [1.807, 2.05) is 13.8 Å². The molecule has 0 unspecified atom stereocenters. The zero-order valence-electron chi connectivity index (χ0n) is 11.4. The first-order chi connectivity index (χ1) is 7.48. The van der Waals surface area contributed by atoms with Gasteiger partial charge in [-0.1, -0.05) is 26.1 Å². The van der Waals surface area contributed by atoms with Crippen molar-refractivity contribution in [3.63, 3.8) is 0 Å². The Kier molecular flexibility index (Phi) is 6.04. The van der Waals surface area contributed by atoms with Crippen LogP contribution in [0.3, 0.4) is 0 Å². The summed E-state index contributed by atoms with van der Waals surface area (Å²) in [5, 5.41) is 0. The van der Waals surface area contributed by atoms with Crippen molar-refractivity contribution < 1.29 is 8.42 Å². The summed E-state index contributed by atoms with van der Waals surface area (Å²) in [6.45, 7) is 9.97. The smallest absolute Gasteiger partial charge is 0.219 e. The van der Waals surface area contributed by atoms with Gasteiger partial charge >= 0.3 is 0 Å². The number of rotatable bonds is 6. The van der Waals surface area contributed by atoms with E-state index in [1.54, 1.807) is 20.8 Å². The summed E-state index contributed by atoms with van der Waals surface area (Å²) < 4.78 is 25.4. The maximum atomic E-state index is 12.3. The summed E-state index contributed by atoms with van der Waals surface area (Å²) in [6.07, 6.45) is 0.428. The number of hydrogen-bond acceptors (Lipinski definition) is 3. The standard InChI is InChI=1S/C11H24N2O2S2/c1-9(2)8-13(7-6-10(12)16)17(14,15)11(3,4)5/h9H,6-8H2,1-5H3,(H2,12,16). The van der Waals surface area contributed by atoms with Gasteiger partial charge in [0.2, 0.25) is 10.0 Å². The lowest BCUT2D eigenvalue weighted by atomic mass is 10.2. The molecule has 0 aliphatic rings. The first kappa shape index (κ1) is 16.8. The Bertz CT molecular complexity index is 356. The molecular weight excluding hydrogens is 256 g/mol. The van der Waals surface area contributed by atoms with Gasteiger partial charge in [-0.2, -0.15) is 0 Å². The molecule has 6 heteroatoms. The molecule has 0 radical (unpaired) electrons. The van der Waals surface area contributed by atoms with Gasteiger partial charge in [0, 0.05) is 19.5 Å². The normalized spacial score (nSPS) is 13.4. The Labute approximate surface area is 111 Å². The first-order valence-corrected chi connectivity index (χ1v) is 7.61. The van der Waals surface area contributed by atoms with Crippen LogP contribution in [0, 0.1) is 5.92 Å². The highest BCUT2D eigenvalue weighted by Gasteiger charge is 2.35. The van der Waals surface area contributed by atoms with Crippen molar-refractivity contribution in [1.29, 1.82) is 0 Å². The van der Waals surface area contributed by atoms with Gasteiger partial charge in [-0.3, -0.25) is 0 Å². The average Bonchev–Trinajstić information content (AvgIpc) is 2.09. The second-order valence-corrected chi connectivity index (χ2v) is 8.80. The Morgan fingerprint density at radius 1 is 1.35 bits per heavy atom. The molecule has 0 aromatic carbocycles. The lowest BCUT2D eigenvalue weighted by Gasteiger charge is -2.31. The third-order valence-electron chi connectivity index (χ3n) is 2.29. The van der Waals surface area contributed by atoms with E-state index >= 15 is 0 Å². The van der Waals surface area contributed by atoms with Crippen molar-refractivity contribution in [2.75, 3.05) is 13.1 Å². The van der Waals surface area contributed by atoms with Crippen LogP contribution in [0.5, 0.6) is 0 Å². The van der Waals surface area contributed by atoms with Gasteiger partial charge in [0.05, 0.1) is 9.74 Å². The van der Waals surface area contributed by atoms with Crippen LogP contribution in [0.1, 0.15) is 41.0 Å².